The molecule has 0 radical (unpaired) electrons. The lowest BCUT2D eigenvalue weighted by molar-refractivity contribution is 0.0866. The second-order valence-corrected chi connectivity index (χ2v) is 13.8. The zero-order chi connectivity index (χ0) is 30.7. The molecule has 230 valence electrons. The summed E-state index contributed by atoms with van der Waals surface area (Å²) in [4.78, 5) is 7.11. The molecule has 1 aliphatic carbocycles. The Balaban J connectivity index is 1.30. The fourth-order valence-corrected chi connectivity index (χ4v) is 7.07. The Bertz CT molecular complexity index is 1610. The maximum atomic E-state index is 9.96. The van der Waals surface area contributed by atoms with Crippen LogP contribution in [0.4, 0.5) is 11.4 Å². The standard InChI is InChI=1S/C35H43ClN8/c1-35(2,3)43-16-14-28(15-17-43)44-23-31(41-42-44)33(25-12-8-5-9-13-25)40-27-18-29-32(38-21-24-10-6-4-7-11-24)26(20-37)22-39-34(29)30(36)19-27/h5,8-9,12-13,18-19,22-24,28,33,40H,4,6-7,10-11,14-17,21H2,1-3H3,(H,38,39)/t33-/m0/s1. The van der Waals surface area contributed by atoms with Crippen molar-refractivity contribution in [3.05, 3.63) is 76.7 Å². The number of nitrogens with one attached hydrogen (secondary N) is 2. The van der Waals surface area contributed by atoms with Crippen LogP contribution in [0.15, 0.2) is 54.9 Å². The molecule has 0 bridgehead atoms. The van der Waals surface area contributed by atoms with Gasteiger partial charge in [0.1, 0.15) is 11.8 Å². The van der Waals surface area contributed by atoms with Crippen LogP contribution in [0.2, 0.25) is 5.02 Å². The molecule has 44 heavy (non-hydrogen) atoms. The Hall–Kier alpha value is -3.67. The van der Waals surface area contributed by atoms with Crippen molar-refractivity contribution in [2.45, 2.75) is 83.3 Å². The third-order valence-electron chi connectivity index (χ3n) is 9.39. The van der Waals surface area contributed by atoms with Crippen LogP contribution in [0, 0.1) is 17.2 Å². The van der Waals surface area contributed by atoms with Gasteiger partial charge in [-0.2, -0.15) is 5.26 Å². The average Bonchev–Trinajstić information content (AvgIpc) is 3.53. The molecule has 4 aromatic rings. The predicted octanol–water partition coefficient (Wildman–Crippen LogP) is 7.98. The van der Waals surface area contributed by atoms with Crippen molar-refractivity contribution in [2.75, 3.05) is 30.3 Å². The second-order valence-electron chi connectivity index (χ2n) is 13.4. The minimum absolute atomic E-state index is 0.177. The number of piperidine rings is 1. The van der Waals surface area contributed by atoms with Crippen LogP contribution in [0.25, 0.3) is 10.9 Å². The molecule has 0 spiro atoms. The van der Waals surface area contributed by atoms with Gasteiger partial charge in [-0.05, 0) is 70.1 Å². The molecule has 0 unspecified atom stereocenters. The molecule has 3 heterocycles. The highest BCUT2D eigenvalue weighted by atomic mass is 35.5. The molecule has 1 aliphatic heterocycles. The Morgan fingerprint density at radius 1 is 1.05 bits per heavy atom. The van der Waals surface area contributed by atoms with E-state index in [1.165, 1.54) is 32.1 Å². The number of fused-ring (bicyclic) bond motifs is 1. The van der Waals surface area contributed by atoms with Crippen molar-refractivity contribution in [3.8, 4) is 6.07 Å². The van der Waals surface area contributed by atoms with Crippen LogP contribution in [-0.2, 0) is 0 Å². The van der Waals surface area contributed by atoms with Crippen molar-refractivity contribution in [2.24, 2.45) is 5.92 Å². The van der Waals surface area contributed by atoms with Gasteiger partial charge in [0.05, 0.1) is 40.1 Å². The van der Waals surface area contributed by atoms with Gasteiger partial charge in [0.2, 0.25) is 0 Å². The summed E-state index contributed by atoms with van der Waals surface area (Å²) in [5.74, 6) is 0.612. The summed E-state index contributed by atoms with van der Waals surface area (Å²) in [6, 6.07) is 16.7. The summed E-state index contributed by atoms with van der Waals surface area (Å²) in [7, 11) is 0. The largest absolute Gasteiger partial charge is 0.383 e. The van der Waals surface area contributed by atoms with Gasteiger partial charge in [0, 0.05) is 42.4 Å². The zero-order valence-electron chi connectivity index (χ0n) is 26.1. The summed E-state index contributed by atoms with van der Waals surface area (Å²) >= 11 is 6.85. The SMILES string of the molecule is CC(C)(C)N1CCC(n2cc([C@@H](Nc3cc(Cl)c4ncc(C#N)c(NCC5CCCCC5)c4c3)c3ccccc3)nn2)CC1. The maximum Gasteiger partial charge on any atom is 0.109 e. The molecule has 2 aromatic heterocycles. The number of hydrogen-bond donors (Lipinski definition) is 2. The lowest BCUT2D eigenvalue weighted by Crippen LogP contribution is -2.46. The van der Waals surface area contributed by atoms with Gasteiger partial charge < -0.3 is 10.6 Å². The lowest BCUT2D eigenvalue weighted by atomic mass is 9.89. The third kappa shape index (κ3) is 6.69. The van der Waals surface area contributed by atoms with Crippen LogP contribution in [-0.4, -0.2) is 50.1 Å². The van der Waals surface area contributed by atoms with E-state index < -0.39 is 0 Å². The van der Waals surface area contributed by atoms with Crippen LogP contribution in [0.3, 0.4) is 0 Å². The summed E-state index contributed by atoms with van der Waals surface area (Å²) in [5, 5.41) is 28.0. The molecule has 8 nitrogen and oxygen atoms in total. The van der Waals surface area contributed by atoms with Crippen molar-refractivity contribution < 1.29 is 0 Å². The van der Waals surface area contributed by atoms with Gasteiger partial charge in [-0.15, -0.1) is 5.10 Å². The van der Waals surface area contributed by atoms with Gasteiger partial charge in [-0.3, -0.25) is 9.88 Å². The van der Waals surface area contributed by atoms with E-state index in [4.69, 9.17) is 11.6 Å². The Morgan fingerprint density at radius 2 is 1.80 bits per heavy atom. The van der Waals surface area contributed by atoms with Crippen molar-refractivity contribution in [1.29, 1.82) is 5.26 Å². The van der Waals surface area contributed by atoms with Gasteiger partial charge in [-0.1, -0.05) is 66.4 Å². The summed E-state index contributed by atoms with van der Waals surface area (Å²) in [6.07, 6.45) is 12.1. The van der Waals surface area contributed by atoms with Gasteiger partial charge >= 0.3 is 0 Å². The number of pyridine rings is 1. The number of nitriles is 1. The second kappa shape index (κ2) is 13.1. The molecule has 1 saturated heterocycles. The molecule has 2 N–H and O–H groups in total. The Morgan fingerprint density at radius 3 is 2.50 bits per heavy atom. The number of nitrogens with zero attached hydrogens (tertiary/aromatic N) is 6. The normalized spacial score (nSPS) is 17.8. The van der Waals surface area contributed by atoms with Gasteiger partial charge in [0.15, 0.2) is 0 Å². The van der Waals surface area contributed by atoms with Crippen LogP contribution >= 0.6 is 11.6 Å². The van der Waals surface area contributed by atoms with Gasteiger partial charge in [0.25, 0.3) is 0 Å². The summed E-state index contributed by atoms with van der Waals surface area (Å²) in [5.41, 5.74) is 4.96. The highest BCUT2D eigenvalue weighted by molar-refractivity contribution is 6.35. The Labute approximate surface area is 265 Å². The lowest BCUT2D eigenvalue weighted by Gasteiger charge is -2.40. The number of halogens is 1. The molecule has 2 fully saturated rings. The highest BCUT2D eigenvalue weighted by Crippen LogP contribution is 2.36. The summed E-state index contributed by atoms with van der Waals surface area (Å²) < 4.78 is 2.05. The minimum atomic E-state index is -0.237. The molecule has 1 saturated carbocycles. The molecular formula is C35H43ClN8. The van der Waals surface area contributed by atoms with Crippen molar-refractivity contribution in [3.63, 3.8) is 0 Å². The monoisotopic (exact) mass is 610 g/mol. The fourth-order valence-electron chi connectivity index (χ4n) is 6.80. The first-order valence-electron chi connectivity index (χ1n) is 16.0. The molecule has 6 rings (SSSR count). The first-order chi connectivity index (χ1) is 21.3. The number of aromatic nitrogens is 4. The number of rotatable bonds is 8. The smallest absolute Gasteiger partial charge is 0.109 e. The van der Waals surface area contributed by atoms with E-state index in [9.17, 15) is 5.26 Å². The number of benzene rings is 2. The van der Waals surface area contributed by atoms with Crippen molar-refractivity contribution >= 4 is 33.9 Å². The summed E-state index contributed by atoms with van der Waals surface area (Å²) in [6.45, 7) is 9.78. The van der Waals surface area contributed by atoms with E-state index in [1.807, 2.05) is 24.3 Å². The van der Waals surface area contributed by atoms with Gasteiger partial charge in [-0.25, -0.2) is 4.68 Å². The van der Waals surface area contributed by atoms with E-state index in [1.54, 1.807) is 6.20 Å². The number of likely N-dealkylation sites (tertiary alicyclic amines) is 1. The first-order valence-corrected chi connectivity index (χ1v) is 16.4. The van der Waals surface area contributed by atoms with E-state index >= 15 is 0 Å². The topological polar surface area (TPSA) is 94.7 Å². The minimum Gasteiger partial charge on any atom is -0.383 e. The number of hydrogen-bond acceptors (Lipinski definition) is 7. The van der Waals surface area contributed by atoms with E-state index in [-0.39, 0.29) is 11.6 Å². The quantitative estimate of drug-likeness (QED) is 0.209. The molecule has 9 heteroatoms. The molecule has 2 aliphatic rings. The maximum absolute atomic E-state index is 9.96. The molecule has 1 atom stereocenters. The van der Waals surface area contributed by atoms with Crippen LogP contribution in [0.1, 0.15) is 94.6 Å². The molecular weight excluding hydrogens is 568 g/mol. The predicted molar refractivity (Wildman–Crippen MR) is 178 cm³/mol. The molecule has 2 aromatic carbocycles. The fraction of sp³-hybridized carbons (Fsp3) is 0.486. The molecule has 0 amide bonds. The van der Waals surface area contributed by atoms with E-state index in [0.717, 1.165) is 60.5 Å². The van der Waals surface area contributed by atoms with Crippen LogP contribution < -0.4 is 10.6 Å². The van der Waals surface area contributed by atoms with E-state index in [0.29, 0.717) is 28.1 Å². The first kappa shape index (κ1) is 30.4. The highest BCUT2D eigenvalue weighted by Gasteiger charge is 2.29. The van der Waals surface area contributed by atoms with Crippen molar-refractivity contribution in [1.82, 2.24) is 24.9 Å². The van der Waals surface area contributed by atoms with E-state index in [2.05, 4.69) is 86.7 Å². The average molecular weight is 611 g/mol. The van der Waals surface area contributed by atoms with Crippen LogP contribution in [0.5, 0.6) is 0 Å². The number of anilines is 2. The zero-order valence-corrected chi connectivity index (χ0v) is 26.8. The Kier molecular flexibility index (Phi) is 9.06. The third-order valence-corrected chi connectivity index (χ3v) is 9.68.